The molecule has 0 spiro atoms. The highest BCUT2D eigenvalue weighted by Gasteiger charge is 2.43. The highest BCUT2D eigenvalue weighted by molar-refractivity contribution is 7.30. The van der Waals surface area contributed by atoms with Crippen molar-refractivity contribution in [1.82, 2.24) is 4.57 Å². The first-order valence-corrected chi connectivity index (χ1v) is 15.9. The summed E-state index contributed by atoms with van der Waals surface area (Å²) in [5.41, 5.74) is -2.52. The van der Waals surface area contributed by atoms with Gasteiger partial charge in [-0.2, -0.15) is 0 Å². The summed E-state index contributed by atoms with van der Waals surface area (Å²) in [6.45, 7) is 0. The normalized spacial score (nSPS) is 21.0. The van der Waals surface area contributed by atoms with Crippen molar-refractivity contribution < 1.29 is 39.8 Å². The van der Waals surface area contributed by atoms with Gasteiger partial charge in [-0.05, 0) is 51.0 Å². The van der Waals surface area contributed by atoms with Gasteiger partial charge in [0, 0.05) is 36.6 Å². The maximum absolute atomic E-state index is 10.4. The van der Waals surface area contributed by atoms with E-state index in [0.717, 1.165) is 0 Å². The highest BCUT2D eigenvalue weighted by atomic mass is 32.1. The van der Waals surface area contributed by atoms with Crippen LogP contribution >= 0.6 is 11.3 Å². The molecule has 3 heteroatoms. The van der Waals surface area contributed by atoms with Gasteiger partial charge in [-0.15, -0.1) is 11.3 Å². The average Bonchev–Trinajstić information content (AvgIpc) is 3.94. The van der Waals surface area contributed by atoms with Crippen molar-refractivity contribution in [2.45, 2.75) is 0 Å². The third-order valence-electron chi connectivity index (χ3n) is 7.30. The lowest BCUT2D eigenvalue weighted by Crippen LogP contribution is -2.74. The quantitative estimate of drug-likeness (QED) is 0.132. The molecule has 45 heavy (non-hydrogen) atoms. The monoisotopic (exact) mass is 636 g/mol. The van der Waals surface area contributed by atoms with Crippen molar-refractivity contribution >= 4 is 82.1 Å². The molecule has 1 nitrogen and oxygen atoms in total. The molecule has 0 fully saturated rings. The van der Waals surface area contributed by atoms with Gasteiger partial charge >= 0.3 is 0 Å². The Bertz CT molecular complexity index is 3940. The number of benzene rings is 7. The summed E-state index contributed by atoms with van der Waals surface area (Å²) in [6.07, 6.45) is 0. The maximum Gasteiger partial charge on any atom is 0.181 e. The number of rotatable bonds is 5. The zero-order chi connectivity index (χ0) is 55.0. The van der Waals surface area contributed by atoms with Crippen molar-refractivity contribution in [3.63, 3.8) is 0 Å². The van der Waals surface area contributed by atoms with E-state index in [1.807, 2.05) is 0 Å². The lowest BCUT2D eigenvalue weighted by Gasteiger charge is -2.35. The Kier molecular flexibility index (Phi) is 2.36. The molecule has 0 N–H and O–H groups in total. The molecule has 0 aliphatic heterocycles. The van der Waals surface area contributed by atoms with Crippen LogP contribution in [0.5, 0.6) is 0 Å². The van der Waals surface area contributed by atoms with E-state index in [1.165, 1.54) is 0 Å². The molecule has 0 aliphatic rings. The van der Waals surface area contributed by atoms with Crippen molar-refractivity contribution in [2.24, 2.45) is 0 Å². The minimum atomic E-state index is -6.44. The van der Waals surface area contributed by atoms with Crippen LogP contribution in [0.2, 0.25) is 0 Å². The van der Waals surface area contributed by atoms with E-state index >= 15 is 0 Å². The summed E-state index contributed by atoms with van der Waals surface area (Å²) in [5.74, 6) is 0. The molecule has 0 saturated heterocycles. The van der Waals surface area contributed by atoms with Crippen LogP contribution in [0.25, 0.3) is 47.7 Å². The third-order valence-corrected chi connectivity index (χ3v) is 12.7. The summed E-state index contributed by atoms with van der Waals surface area (Å²) < 4.78 is 265. The van der Waals surface area contributed by atoms with Crippen molar-refractivity contribution in [3.8, 4) is 5.69 Å². The molecule has 0 aliphatic carbocycles. The van der Waals surface area contributed by atoms with Crippen LogP contribution in [0.3, 0.4) is 0 Å². The lowest BCUT2D eigenvalue weighted by atomic mass is 10.1. The fourth-order valence-corrected chi connectivity index (χ4v) is 10.8. The second-order valence-electron chi connectivity index (χ2n) is 9.52. The first-order valence-electron chi connectivity index (χ1n) is 27.6. The van der Waals surface area contributed by atoms with E-state index in [4.69, 9.17) is 21.9 Å². The molecule has 0 amide bonds. The van der Waals surface area contributed by atoms with E-state index in [2.05, 4.69) is 0 Å². The number of para-hydroxylation sites is 2. The molecular formula is C42H29NSSi. The molecule has 7 aromatic carbocycles. The number of hydrogen-bond donors (Lipinski definition) is 0. The number of thiophene rings is 1. The van der Waals surface area contributed by atoms with Crippen LogP contribution in [0.1, 0.15) is 39.8 Å². The van der Waals surface area contributed by atoms with Gasteiger partial charge in [-0.3, -0.25) is 0 Å². The van der Waals surface area contributed by atoms with Crippen LogP contribution in [-0.2, 0) is 0 Å². The fraction of sp³-hybridized carbons (Fsp3) is 0. The van der Waals surface area contributed by atoms with Gasteiger partial charge < -0.3 is 4.57 Å². The van der Waals surface area contributed by atoms with E-state index < -0.39 is 247 Å². The largest absolute Gasteiger partial charge is 0.309 e. The van der Waals surface area contributed by atoms with Crippen LogP contribution in [0.15, 0.2) is 175 Å². The number of hydrogen-bond acceptors (Lipinski definition) is 1. The predicted octanol–water partition coefficient (Wildman–Crippen LogP) is 8.53. The molecule has 212 valence electrons. The van der Waals surface area contributed by atoms with Crippen molar-refractivity contribution in [1.29, 1.82) is 0 Å². The summed E-state index contributed by atoms with van der Waals surface area (Å²) in [5, 5.41) is -6.42. The number of nitrogens with zero attached hydrogens (tertiary/aromatic N) is 1. The molecule has 9 rings (SSSR count). The zero-order valence-electron chi connectivity index (χ0n) is 51.4. The number of fused-ring (bicyclic) bond motifs is 6. The summed E-state index contributed by atoms with van der Waals surface area (Å²) in [6, 6.07) is -30.8. The van der Waals surface area contributed by atoms with Crippen LogP contribution in [0, 0.1) is 0 Å². The summed E-state index contributed by atoms with van der Waals surface area (Å²) in [4.78, 5) is 0. The van der Waals surface area contributed by atoms with Gasteiger partial charge in [0.05, 0.1) is 50.8 Å². The van der Waals surface area contributed by atoms with Crippen LogP contribution in [-0.4, -0.2) is 12.6 Å². The Hall–Kier alpha value is -5.22. The van der Waals surface area contributed by atoms with Crippen LogP contribution in [0.4, 0.5) is 0 Å². The van der Waals surface area contributed by atoms with E-state index in [1.54, 1.807) is 0 Å². The minimum Gasteiger partial charge on any atom is -0.309 e. The second kappa shape index (κ2) is 10.4. The molecule has 0 unspecified atom stereocenters. The molecule has 0 bridgehead atoms. The van der Waals surface area contributed by atoms with E-state index in [0.29, 0.717) is 15.9 Å². The van der Waals surface area contributed by atoms with Crippen LogP contribution < -0.4 is 20.7 Å². The molecule has 2 heterocycles. The van der Waals surface area contributed by atoms with E-state index in [-0.39, 0.29) is 4.70 Å². The van der Waals surface area contributed by atoms with Crippen molar-refractivity contribution in [3.05, 3.63) is 175 Å². The Morgan fingerprint density at radius 3 is 1.62 bits per heavy atom. The predicted molar refractivity (Wildman–Crippen MR) is 197 cm³/mol. The Balaban J connectivity index is 1.75. The molecule has 9 aromatic rings. The van der Waals surface area contributed by atoms with Gasteiger partial charge in [-0.25, -0.2) is 0 Å². The Labute approximate surface area is 308 Å². The SMILES string of the molecule is [2H]c1c([2H])c([2H])c([Si](c2c([2H])c([2H])c([2H])c([2H])c2[2H])(c2c([2H])c([2H])c([2H])c(-n3c4c([2H])c([2H])c([2H])c([2H])c4c4c([2H])c([2H])c([2H])c([2H])c43)c2[2H])c2c([2H])c([2H])c([2H])c3c2sc2c([2H])c([2H])c([2H])c([2H])c23)c([2H])c1[2H]. The standard InChI is InChI=1S/C42H29NSSi/c1-3-16-31(17-4-1)45(32-18-5-2-6-19-32,41-28-14-24-37-36-23-9-12-27-40(36)44-42(37)41)33-20-13-15-30(29-33)43-38-25-10-7-21-34(38)35-22-8-11-26-39(35)43/h1-29H/i1D,2D,3D,4D,5D,6D,7D,8D,9D,10D,11D,12D,13D,14D,15D,16D,17D,18D,19D,20D,21D,22D,23D,24D,25D,26D,27D,28D,29D. The average molecular weight is 637 g/mol. The zero-order valence-corrected chi connectivity index (χ0v) is 24.2. The van der Waals surface area contributed by atoms with Gasteiger partial charge in [0.15, 0.2) is 8.07 Å². The molecular weight excluding hydrogens is 579 g/mol. The maximum atomic E-state index is 10.4. The highest BCUT2D eigenvalue weighted by Crippen LogP contribution is 2.35. The number of aromatic nitrogens is 1. The van der Waals surface area contributed by atoms with Gasteiger partial charge in [0.25, 0.3) is 0 Å². The smallest absolute Gasteiger partial charge is 0.181 e. The topological polar surface area (TPSA) is 4.93 Å². The lowest BCUT2D eigenvalue weighted by molar-refractivity contribution is 1.18. The van der Waals surface area contributed by atoms with Gasteiger partial charge in [0.2, 0.25) is 0 Å². The minimum absolute atomic E-state index is 0.357. The molecule has 0 saturated carbocycles. The fourth-order valence-electron chi connectivity index (χ4n) is 5.50. The van der Waals surface area contributed by atoms with Crippen molar-refractivity contribution in [2.75, 3.05) is 0 Å². The third kappa shape index (κ3) is 3.91. The summed E-state index contributed by atoms with van der Waals surface area (Å²) in [7, 11) is -6.44. The molecule has 2 aromatic heterocycles. The van der Waals surface area contributed by atoms with Gasteiger partial charge in [0.1, 0.15) is 0 Å². The van der Waals surface area contributed by atoms with Gasteiger partial charge in [-0.1, -0.05) is 145 Å². The molecule has 0 atom stereocenters. The Morgan fingerprint density at radius 1 is 0.444 bits per heavy atom. The Morgan fingerprint density at radius 2 is 0.956 bits per heavy atom. The summed E-state index contributed by atoms with van der Waals surface area (Å²) >= 11 is 0.398. The molecule has 0 radical (unpaired) electrons. The first-order chi connectivity index (χ1) is 34.4. The van der Waals surface area contributed by atoms with E-state index in [9.17, 15) is 17.8 Å². The second-order valence-corrected chi connectivity index (χ2v) is 14.0. The first kappa shape index (κ1) is 10.1.